The molecule has 112 valence electrons. The normalized spacial score (nSPS) is 11.0. The maximum atomic E-state index is 4.68. The second-order valence-corrected chi connectivity index (χ2v) is 5.70. The largest absolute Gasteiger partial charge is 0.259 e. The Morgan fingerprint density at radius 2 is 1.70 bits per heavy atom. The summed E-state index contributed by atoms with van der Waals surface area (Å²) in [6, 6.07) is 18.5. The maximum Gasteiger partial charge on any atom is 0.184 e. The van der Waals surface area contributed by atoms with Crippen molar-refractivity contribution in [2.75, 3.05) is 0 Å². The first-order valence-electron chi connectivity index (χ1n) is 7.58. The van der Waals surface area contributed by atoms with E-state index in [1.807, 2.05) is 50.2 Å². The van der Waals surface area contributed by atoms with Gasteiger partial charge in [-0.25, -0.2) is 9.98 Å². The van der Waals surface area contributed by atoms with E-state index >= 15 is 0 Å². The molecule has 4 rings (SSSR count). The predicted octanol–water partition coefficient (Wildman–Crippen LogP) is 4.89. The average molecular weight is 300 g/mol. The highest BCUT2D eigenvalue weighted by Crippen LogP contribution is 2.38. The van der Waals surface area contributed by atoms with E-state index in [0.717, 1.165) is 38.9 Å². The van der Waals surface area contributed by atoms with Crippen molar-refractivity contribution >= 4 is 33.5 Å². The molecular formula is C19H16N4. The summed E-state index contributed by atoms with van der Waals surface area (Å²) in [4.78, 5) is 9.28. The topological polar surface area (TPSA) is 53.9 Å². The van der Waals surface area contributed by atoms with Crippen LogP contribution in [0.25, 0.3) is 33.1 Å². The van der Waals surface area contributed by atoms with E-state index in [1.54, 1.807) is 0 Å². The number of pyridine rings is 1. The van der Waals surface area contributed by atoms with Crippen molar-refractivity contribution in [2.24, 2.45) is 4.99 Å². The molecule has 0 amide bonds. The molecule has 23 heavy (non-hydrogen) atoms. The van der Waals surface area contributed by atoms with Gasteiger partial charge in [0.05, 0.1) is 10.9 Å². The number of nitrogens with one attached hydrogen (secondary N) is 1. The molecule has 4 aromatic rings. The van der Waals surface area contributed by atoms with Crippen LogP contribution in [0.1, 0.15) is 13.8 Å². The number of benzene rings is 2. The number of hydrogen-bond acceptors (Lipinski definition) is 3. The Labute approximate surface area is 133 Å². The van der Waals surface area contributed by atoms with Gasteiger partial charge in [0, 0.05) is 16.7 Å². The Morgan fingerprint density at radius 1 is 0.957 bits per heavy atom. The lowest BCUT2D eigenvalue weighted by Gasteiger charge is -2.08. The number of hydrogen-bond donors (Lipinski definition) is 1. The molecule has 2 aromatic carbocycles. The van der Waals surface area contributed by atoms with E-state index in [-0.39, 0.29) is 0 Å². The van der Waals surface area contributed by atoms with Crippen LogP contribution < -0.4 is 0 Å². The van der Waals surface area contributed by atoms with Crippen LogP contribution in [0.4, 0.5) is 5.82 Å². The van der Waals surface area contributed by atoms with E-state index in [0.29, 0.717) is 5.65 Å². The van der Waals surface area contributed by atoms with Gasteiger partial charge in [-0.2, -0.15) is 5.10 Å². The van der Waals surface area contributed by atoms with Crippen LogP contribution in [0, 0.1) is 0 Å². The molecule has 4 heteroatoms. The molecule has 0 saturated heterocycles. The van der Waals surface area contributed by atoms with Gasteiger partial charge in [-0.05, 0) is 25.5 Å². The lowest BCUT2D eigenvalue weighted by atomic mass is 9.98. The quantitative estimate of drug-likeness (QED) is 0.536. The van der Waals surface area contributed by atoms with E-state index in [4.69, 9.17) is 0 Å². The third-order valence-corrected chi connectivity index (χ3v) is 3.78. The fraction of sp³-hybridized carbons (Fsp3) is 0.105. The van der Waals surface area contributed by atoms with Gasteiger partial charge >= 0.3 is 0 Å². The molecular weight excluding hydrogens is 284 g/mol. The van der Waals surface area contributed by atoms with Crippen LogP contribution in [-0.2, 0) is 0 Å². The van der Waals surface area contributed by atoms with Gasteiger partial charge in [0.25, 0.3) is 0 Å². The summed E-state index contributed by atoms with van der Waals surface area (Å²) >= 11 is 0. The summed E-state index contributed by atoms with van der Waals surface area (Å²) in [6.07, 6.45) is 0. The predicted molar refractivity (Wildman–Crippen MR) is 95.3 cm³/mol. The lowest BCUT2D eigenvalue weighted by Crippen LogP contribution is -1.88. The van der Waals surface area contributed by atoms with Crippen molar-refractivity contribution in [1.29, 1.82) is 0 Å². The average Bonchev–Trinajstić information content (AvgIpc) is 2.95. The number of rotatable bonds is 2. The first-order chi connectivity index (χ1) is 11.2. The Morgan fingerprint density at radius 3 is 2.48 bits per heavy atom. The Hall–Kier alpha value is -3.01. The fourth-order valence-electron chi connectivity index (χ4n) is 2.88. The standard InChI is InChI=1S/C19H16N4/c1-12(2)20-18-17-16(13-8-4-3-5-9-13)14-10-6-7-11-15(14)21-19(17)23-22-18/h3-11H,1-2H3,(H,21,22,23). The first kappa shape index (κ1) is 13.6. The zero-order valence-corrected chi connectivity index (χ0v) is 13.0. The highest BCUT2D eigenvalue weighted by molar-refractivity contribution is 6.12. The van der Waals surface area contributed by atoms with Crippen LogP contribution in [-0.4, -0.2) is 20.9 Å². The van der Waals surface area contributed by atoms with Gasteiger partial charge in [0.15, 0.2) is 11.5 Å². The molecule has 1 N–H and O–H groups in total. The summed E-state index contributed by atoms with van der Waals surface area (Å²) in [5.74, 6) is 0.761. The number of aromatic amines is 1. The van der Waals surface area contributed by atoms with Gasteiger partial charge < -0.3 is 0 Å². The van der Waals surface area contributed by atoms with E-state index in [2.05, 4.69) is 38.4 Å². The summed E-state index contributed by atoms with van der Waals surface area (Å²) in [5.41, 5.74) is 4.88. The minimum atomic E-state index is 0.697. The summed E-state index contributed by atoms with van der Waals surface area (Å²) in [6.45, 7) is 3.95. The maximum absolute atomic E-state index is 4.68. The third-order valence-electron chi connectivity index (χ3n) is 3.78. The minimum Gasteiger partial charge on any atom is -0.259 e. The molecule has 0 atom stereocenters. The van der Waals surface area contributed by atoms with Crippen LogP contribution in [0.2, 0.25) is 0 Å². The second kappa shape index (κ2) is 5.32. The minimum absolute atomic E-state index is 0.697. The molecule has 0 unspecified atom stereocenters. The molecule has 4 nitrogen and oxygen atoms in total. The number of H-pyrrole nitrogens is 1. The molecule has 0 radical (unpaired) electrons. The number of nitrogens with zero attached hydrogens (tertiary/aromatic N) is 3. The van der Waals surface area contributed by atoms with Gasteiger partial charge in [-0.15, -0.1) is 0 Å². The Kier molecular flexibility index (Phi) is 3.15. The molecule has 0 aliphatic heterocycles. The van der Waals surface area contributed by atoms with Crippen LogP contribution in [0.5, 0.6) is 0 Å². The monoisotopic (exact) mass is 300 g/mol. The molecule has 2 heterocycles. The van der Waals surface area contributed by atoms with Gasteiger partial charge in [-0.1, -0.05) is 48.5 Å². The molecule has 0 aliphatic rings. The first-order valence-corrected chi connectivity index (χ1v) is 7.58. The fourth-order valence-corrected chi connectivity index (χ4v) is 2.88. The van der Waals surface area contributed by atoms with E-state index in [9.17, 15) is 0 Å². The smallest absolute Gasteiger partial charge is 0.184 e. The lowest BCUT2D eigenvalue weighted by molar-refractivity contribution is 1.09. The molecule has 0 spiro atoms. The van der Waals surface area contributed by atoms with Crippen molar-refractivity contribution in [3.05, 3.63) is 54.6 Å². The number of aromatic nitrogens is 3. The molecule has 2 aromatic heterocycles. The molecule has 0 bridgehead atoms. The van der Waals surface area contributed by atoms with Gasteiger partial charge in [0.2, 0.25) is 0 Å². The number of aliphatic imine (C=N–C) groups is 1. The van der Waals surface area contributed by atoms with Gasteiger partial charge in [-0.3, -0.25) is 5.10 Å². The van der Waals surface area contributed by atoms with Crippen LogP contribution in [0.3, 0.4) is 0 Å². The highest BCUT2D eigenvalue weighted by atomic mass is 15.2. The van der Waals surface area contributed by atoms with E-state index < -0.39 is 0 Å². The van der Waals surface area contributed by atoms with Crippen molar-refractivity contribution in [1.82, 2.24) is 15.2 Å². The summed E-state index contributed by atoms with van der Waals surface area (Å²) in [5, 5.41) is 9.47. The molecule has 0 saturated carbocycles. The van der Waals surface area contributed by atoms with Crippen molar-refractivity contribution in [3.8, 4) is 11.1 Å². The third kappa shape index (κ3) is 2.28. The van der Waals surface area contributed by atoms with Crippen LogP contribution >= 0.6 is 0 Å². The van der Waals surface area contributed by atoms with Crippen molar-refractivity contribution in [3.63, 3.8) is 0 Å². The Bertz CT molecular complexity index is 1030. The molecule has 0 aliphatic carbocycles. The number of fused-ring (bicyclic) bond motifs is 2. The zero-order chi connectivity index (χ0) is 15.8. The summed E-state index contributed by atoms with van der Waals surface area (Å²) < 4.78 is 0. The zero-order valence-electron chi connectivity index (χ0n) is 13.0. The van der Waals surface area contributed by atoms with Crippen molar-refractivity contribution in [2.45, 2.75) is 13.8 Å². The summed E-state index contributed by atoms with van der Waals surface area (Å²) in [7, 11) is 0. The number of para-hydroxylation sites is 1. The SMILES string of the molecule is CC(C)=Nc1[nH]nc2nc3ccccc3c(-c3ccccc3)c12. The molecule has 0 fully saturated rings. The van der Waals surface area contributed by atoms with Gasteiger partial charge in [0.1, 0.15) is 0 Å². The Balaban J connectivity index is 2.20. The second-order valence-electron chi connectivity index (χ2n) is 5.70. The van der Waals surface area contributed by atoms with E-state index in [1.165, 1.54) is 0 Å². The van der Waals surface area contributed by atoms with Crippen LogP contribution in [0.15, 0.2) is 59.6 Å². The highest BCUT2D eigenvalue weighted by Gasteiger charge is 2.16. The van der Waals surface area contributed by atoms with Crippen molar-refractivity contribution < 1.29 is 0 Å².